The fourth-order valence-electron chi connectivity index (χ4n) is 1.79. The van der Waals surface area contributed by atoms with E-state index in [2.05, 4.69) is 45.1 Å². The molecule has 1 heterocycles. The van der Waals surface area contributed by atoms with Crippen LogP contribution in [0, 0.1) is 0 Å². The number of benzene rings is 1. The maximum atomic E-state index is 3.45. The number of nitrogens with zero attached hydrogens (tertiary/aromatic N) is 1. The van der Waals surface area contributed by atoms with E-state index in [9.17, 15) is 0 Å². The fourth-order valence-corrected chi connectivity index (χ4v) is 2.97. The predicted molar refractivity (Wildman–Crippen MR) is 70.3 cm³/mol. The fraction of sp³-hybridized carbons (Fsp3) is 0.500. The molecule has 0 unspecified atom stereocenters. The zero-order chi connectivity index (χ0) is 10.5. The summed E-state index contributed by atoms with van der Waals surface area (Å²) in [5.74, 6) is 1.14. The highest BCUT2D eigenvalue weighted by Gasteiger charge is 2.09. The van der Waals surface area contributed by atoms with Crippen LogP contribution >= 0.6 is 27.7 Å². The number of likely N-dealkylation sites (tertiary alicyclic amines) is 1. The third-order valence-corrected chi connectivity index (χ3v) is 4.30. The molecule has 0 radical (unpaired) electrons. The van der Waals surface area contributed by atoms with Gasteiger partial charge in [-0.15, -0.1) is 11.8 Å². The number of thioether (sulfide) groups is 1. The van der Waals surface area contributed by atoms with Gasteiger partial charge in [0, 0.05) is 15.2 Å². The first-order chi connectivity index (χ1) is 7.34. The van der Waals surface area contributed by atoms with Gasteiger partial charge in [0.15, 0.2) is 0 Å². The first-order valence-corrected chi connectivity index (χ1v) is 7.23. The number of hydrogen-bond acceptors (Lipinski definition) is 2. The average molecular weight is 286 g/mol. The molecular formula is C12H16BrNS. The van der Waals surface area contributed by atoms with Crippen molar-refractivity contribution in [3.8, 4) is 0 Å². The van der Waals surface area contributed by atoms with E-state index in [-0.39, 0.29) is 0 Å². The maximum absolute atomic E-state index is 3.45. The Morgan fingerprint density at radius 2 is 1.73 bits per heavy atom. The molecule has 1 fully saturated rings. The Labute approximate surface area is 104 Å². The van der Waals surface area contributed by atoms with Crippen LogP contribution in [-0.4, -0.2) is 23.9 Å². The highest BCUT2D eigenvalue weighted by molar-refractivity contribution is 9.10. The SMILES string of the molecule is Brc1ccc(SCN2CCCCC2)cc1. The zero-order valence-corrected chi connectivity index (χ0v) is 11.2. The third-order valence-electron chi connectivity index (χ3n) is 2.68. The predicted octanol–water partition coefficient (Wildman–Crippen LogP) is 3.98. The van der Waals surface area contributed by atoms with Crippen molar-refractivity contribution in [2.75, 3.05) is 19.0 Å². The second kappa shape index (κ2) is 5.92. The van der Waals surface area contributed by atoms with Crippen LogP contribution in [0.25, 0.3) is 0 Å². The van der Waals surface area contributed by atoms with E-state index < -0.39 is 0 Å². The summed E-state index contributed by atoms with van der Waals surface area (Å²) in [4.78, 5) is 3.92. The van der Waals surface area contributed by atoms with Gasteiger partial charge in [-0.25, -0.2) is 0 Å². The van der Waals surface area contributed by atoms with Crippen LogP contribution < -0.4 is 0 Å². The van der Waals surface area contributed by atoms with Gasteiger partial charge in [-0.05, 0) is 50.2 Å². The highest BCUT2D eigenvalue weighted by Crippen LogP contribution is 2.22. The zero-order valence-electron chi connectivity index (χ0n) is 8.79. The molecule has 1 aliphatic rings. The molecule has 0 saturated carbocycles. The molecule has 0 spiro atoms. The van der Waals surface area contributed by atoms with Crippen LogP contribution in [-0.2, 0) is 0 Å². The van der Waals surface area contributed by atoms with E-state index in [0.717, 1.165) is 10.3 Å². The monoisotopic (exact) mass is 285 g/mol. The Kier molecular flexibility index (Phi) is 4.54. The molecule has 0 aromatic heterocycles. The summed E-state index contributed by atoms with van der Waals surface area (Å²) in [7, 11) is 0. The lowest BCUT2D eigenvalue weighted by molar-refractivity contribution is 0.266. The average Bonchev–Trinajstić information content (AvgIpc) is 2.30. The van der Waals surface area contributed by atoms with Crippen molar-refractivity contribution in [3.63, 3.8) is 0 Å². The van der Waals surface area contributed by atoms with E-state index in [0.29, 0.717) is 0 Å². The molecule has 0 N–H and O–H groups in total. The van der Waals surface area contributed by atoms with Crippen LogP contribution in [0.2, 0.25) is 0 Å². The molecule has 1 saturated heterocycles. The van der Waals surface area contributed by atoms with Crippen molar-refractivity contribution in [1.82, 2.24) is 4.90 Å². The Bertz CT molecular complexity index is 293. The van der Waals surface area contributed by atoms with Gasteiger partial charge in [0.05, 0.1) is 0 Å². The molecule has 2 rings (SSSR count). The molecule has 0 atom stereocenters. The summed E-state index contributed by atoms with van der Waals surface area (Å²) < 4.78 is 1.16. The summed E-state index contributed by atoms with van der Waals surface area (Å²) in [5, 5.41) is 0. The lowest BCUT2D eigenvalue weighted by Gasteiger charge is -2.25. The molecule has 3 heteroatoms. The van der Waals surface area contributed by atoms with Crippen molar-refractivity contribution in [2.45, 2.75) is 24.2 Å². The largest absolute Gasteiger partial charge is 0.294 e. The molecule has 1 aromatic rings. The molecule has 82 valence electrons. The standard InChI is InChI=1S/C12H16BrNS/c13-11-4-6-12(7-5-11)15-10-14-8-2-1-3-9-14/h4-7H,1-3,8-10H2. The Hall–Kier alpha value is 0.01000. The van der Waals surface area contributed by atoms with E-state index in [1.165, 1.54) is 37.2 Å². The van der Waals surface area contributed by atoms with Gasteiger partial charge < -0.3 is 0 Å². The summed E-state index contributed by atoms with van der Waals surface area (Å²) in [6, 6.07) is 8.58. The minimum absolute atomic E-state index is 1.14. The quantitative estimate of drug-likeness (QED) is 0.773. The number of rotatable bonds is 3. The topological polar surface area (TPSA) is 3.24 Å². The van der Waals surface area contributed by atoms with Crippen LogP contribution in [0.5, 0.6) is 0 Å². The number of piperidine rings is 1. The lowest BCUT2D eigenvalue weighted by atomic mass is 10.1. The second-order valence-electron chi connectivity index (χ2n) is 3.91. The minimum Gasteiger partial charge on any atom is -0.294 e. The first-order valence-electron chi connectivity index (χ1n) is 5.45. The Balaban J connectivity index is 1.79. The third kappa shape index (κ3) is 3.82. The Morgan fingerprint density at radius 1 is 1.07 bits per heavy atom. The van der Waals surface area contributed by atoms with Gasteiger partial charge >= 0.3 is 0 Å². The van der Waals surface area contributed by atoms with Crippen LogP contribution in [0.4, 0.5) is 0 Å². The maximum Gasteiger partial charge on any atom is 0.0491 e. The molecule has 0 bridgehead atoms. The Morgan fingerprint density at radius 3 is 2.40 bits per heavy atom. The van der Waals surface area contributed by atoms with E-state index >= 15 is 0 Å². The van der Waals surface area contributed by atoms with E-state index in [4.69, 9.17) is 0 Å². The molecule has 1 aliphatic heterocycles. The van der Waals surface area contributed by atoms with Crippen LogP contribution in [0.1, 0.15) is 19.3 Å². The van der Waals surface area contributed by atoms with Crippen molar-refractivity contribution in [3.05, 3.63) is 28.7 Å². The van der Waals surface area contributed by atoms with E-state index in [1.807, 2.05) is 11.8 Å². The van der Waals surface area contributed by atoms with E-state index in [1.54, 1.807) is 0 Å². The van der Waals surface area contributed by atoms with Gasteiger partial charge in [-0.2, -0.15) is 0 Å². The van der Waals surface area contributed by atoms with Gasteiger partial charge in [0.25, 0.3) is 0 Å². The van der Waals surface area contributed by atoms with Crippen molar-refractivity contribution < 1.29 is 0 Å². The molecule has 1 nitrogen and oxygen atoms in total. The summed E-state index contributed by atoms with van der Waals surface area (Å²) >= 11 is 5.39. The summed E-state index contributed by atoms with van der Waals surface area (Å²) in [6.07, 6.45) is 4.17. The smallest absolute Gasteiger partial charge is 0.0491 e. The van der Waals surface area contributed by atoms with Crippen molar-refractivity contribution >= 4 is 27.7 Å². The van der Waals surface area contributed by atoms with Gasteiger partial charge in [-0.3, -0.25) is 4.90 Å². The molecular weight excluding hydrogens is 270 g/mol. The number of halogens is 1. The van der Waals surface area contributed by atoms with Gasteiger partial charge in [-0.1, -0.05) is 22.4 Å². The molecule has 1 aromatic carbocycles. The lowest BCUT2D eigenvalue weighted by Crippen LogP contribution is -2.29. The minimum atomic E-state index is 1.14. The second-order valence-corrected chi connectivity index (χ2v) is 5.84. The van der Waals surface area contributed by atoms with Crippen molar-refractivity contribution in [2.24, 2.45) is 0 Å². The summed E-state index contributed by atoms with van der Waals surface area (Å²) in [6.45, 7) is 2.56. The first kappa shape index (κ1) is 11.5. The summed E-state index contributed by atoms with van der Waals surface area (Å²) in [5.41, 5.74) is 0. The number of hydrogen-bond donors (Lipinski definition) is 0. The molecule has 0 amide bonds. The highest BCUT2D eigenvalue weighted by atomic mass is 79.9. The normalized spacial score (nSPS) is 17.9. The van der Waals surface area contributed by atoms with Gasteiger partial charge in [0.2, 0.25) is 0 Å². The van der Waals surface area contributed by atoms with Crippen molar-refractivity contribution in [1.29, 1.82) is 0 Å². The van der Waals surface area contributed by atoms with Crippen LogP contribution in [0.15, 0.2) is 33.6 Å². The van der Waals surface area contributed by atoms with Crippen LogP contribution in [0.3, 0.4) is 0 Å². The molecule has 15 heavy (non-hydrogen) atoms. The molecule has 0 aliphatic carbocycles. The van der Waals surface area contributed by atoms with Gasteiger partial charge in [0.1, 0.15) is 0 Å².